The Morgan fingerprint density at radius 3 is 2.09 bits per heavy atom. The molecule has 1 radical (unpaired) electrons. The van der Waals surface area contributed by atoms with Crippen LogP contribution in [0.15, 0.2) is 24.3 Å². The van der Waals surface area contributed by atoms with Crippen LogP contribution in [0.4, 0.5) is 11.4 Å². The van der Waals surface area contributed by atoms with E-state index in [9.17, 15) is 10.1 Å². The fraction of sp³-hybridized carbons (Fsp3) is 0. The van der Waals surface area contributed by atoms with Crippen molar-refractivity contribution in [3.63, 3.8) is 0 Å². The second-order valence-electron chi connectivity index (χ2n) is 1.80. The van der Waals surface area contributed by atoms with Gasteiger partial charge in [-0.25, -0.2) is 0 Å². The van der Waals surface area contributed by atoms with Gasteiger partial charge in [0.25, 0.3) is 5.69 Å². The van der Waals surface area contributed by atoms with E-state index < -0.39 is 4.92 Å². The molecule has 0 aliphatic rings. The third kappa shape index (κ3) is 2.95. The van der Waals surface area contributed by atoms with Crippen LogP contribution < -0.4 is 0 Å². The topological polar surface area (TPSA) is 66.9 Å². The fourth-order valence-electron chi connectivity index (χ4n) is 0.583. The predicted molar refractivity (Wildman–Crippen MR) is 37.1 cm³/mol. The van der Waals surface area contributed by atoms with E-state index in [1.165, 1.54) is 24.3 Å². The number of nitro benzene ring substituents is 1. The van der Waals surface area contributed by atoms with Gasteiger partial charge in [0.15, 0.2) is 0 Å². The van der Waals surface area contributed by atoms with Gasteiger partial charge in [-0.1, -0.05) is 12.1 Å². The molecular formula is C6H5N2O2Y-. The van der Waals surface area contributed by atoms with Gasteiger partial charge < -0.3 is 5.73 Å². The molecule has 1 aromatic rings. The standard InChI is InChI=1S/C6H5N2O2.Y/c7-5-1-3-6(4-2-5)8(9)10;/h1-4,7H;/q-1;. The third-order valence-electron chi connectivity index (χ3n) is 1.08. The zero-order valence-corrected chi connectivity index (χ0v) is 8.49. The Labute approximate surface area is 88.8 Å². The molecule has 0 saturated heterocycles. The molecule has 0 fully saturated rings. The normalized spacial score (nSPS) is 8.36. The third-order valence-corrected chi connectivity index (χ3v) is 1.08. The van der Waals surface area contributed by atoms with E-state index in [2.05, 4.69) is 0 Å². The minimum absolute atomic E-state index is 0. The Morgan fingerprint density at radius 2 is 1.73 bits per heavy atom. The van der Waals surface area contributed by atoms with E-state index in [0.29, 0.717) is 0 Å². The molecule has 5 heteroatoms. The number of nitrogens with one attached hydrogen (secondary N) is 1. The van der Waals surface area contributed by atoms with Crippen LogP contribution in [0.1, 0.15) is 0 Å². The SMILES string of the molecule is [NH-]c1ccc([N+](=O)[O-])cc1.[Y]. The first-order valence-corrected chi connectivity index (χ1v) is 2.66. The largest absolute Gasteiger partial charge is 0.699 e. The van der Waals surface area contributed by atoms with Gasteiger partial charge in [0, 0.05) is 44.8 Å². The van der Waals surface area contributed by atoms with Crippen LogP contribution in [0.5, 0.6) is 0 Å². The molecule has 1 aromatic carbocycles. The van der Waals surface area contributed by atoms with Crippen molar-refractivity contribution in [1.29, 1.82) is 0 Å². The molecule has 0 aliphatic heterocycles. The molecule has 1 rings (SSSR count). The molecule has 0 aromatic heterocycles. The van der Waals surface area contributed by atoms with Gasteiger partial charge in [0.2, 0.25) is 0 Å². The average Bonchev–Trinajstić information content (AvgIpc) is 1.88. The molecule has 0 atom stereocenters. The Hall–Kier alpha value is -0.476. The molecule has 55 valence electrons. The second kappa shape index (κ2) is 4.41. The van der Waals surface area contributed by atoms with Crippen LogP contribution in [0.2, 0.25) is 0 Å². The maximum Gasteiger partial charge on any atom is 0.269 e. The van der Waals surface area contributed by atoms with Gasteiger partial charge >= 0.3 is 0 Å². The molecule has 4 nitrogen and oxygen atoms in total. The molecular weight excluding hydrogens is 221 g/mol. The van der Waals surface area contributed by atoms with E-state index in [-0.39, 0.29) is 44.1 Å². The second-order valence-corrected chi connectivity index (χ2v) is 1.80. The van der Waals surface area contributed by atoms with Crippen molar-refractivity contribution < 1.29 is 37.6 Å². The van der Waals surface area contributed by atoms with Crippen molar-refractivity contribution in [2.24, 2.45) is 0 Å². The van der Waals surface area contributed by atoms with Crippen molar-refractivity contribution >= 4 is 11.4 Å². The Balaban J connectivity index is 0.000001000. The van der Waals surface area contributed by atoms with Gasteiger partial charge in [-0.3, -0.25) is 10.1 Å². The van der Waals surface area contributed by atoms with E-state index in [0.717, 1.165) is 0 Å². The Bertz CT molecular complexity index is 247. The van der Waals surface area contributed by atoms with E-state index in [1.807, 2.05) is 0 Å². The number of nitro groups is 1. The summed E-state index contributed by atoms with van der Waals surface area (Å²) in [5.74, 6) is 0. The zero-order chi connectivity index (χ0) is 7.56. The van der Waals surface area contributed by atoms with Gasteiger partial charge in [-0.2, -0.15) is 0 Å². The van der Waals surface area contributed by atoms with Gasteiger partial charge in [-0.15, -0.1) is 5.69 Å². The number of hydrogen-bond acceptors (Lipinski definition) is 2. The maximum absolute atomic E-state index is 10.1. The average molecular weight is 226 g/mol. The fourth-order valence-corrected chi connectivity index (χ4v) is 0.583. The monoisotopic (exact) mass is 226 g/mol. The molecule has 0 amide bonds. The summed E-state index contributed by atoms with van der Waals surface area (Å²) in [5, 5.41) is 10.1. The minimum Gasteiger partial charge on any atom is -0.699 e. The summed E-state index contributed by atoms with van der Waals surface area (Å²) >= 11 is 0. The summed E-state index contributed by atoms with van der Waals surface area (Å²) in [5.41, 5.74) is 7.32. The molecule has 0 unspecified atom stereocenters. The summed E-state index contributed by atoms with van der Waals surface area (Å²) in [6, 6.07) is 5.39. The first-order valence-electron chi connectivity index (χ1n) is 2.66. The first kappa shape index (κ1) is 10.5. The number of benzene rings is 1. The molecule has 0 bridgehead atoms. The van der Waals surface area contributed by atoms with Crippen molar-refractivity contribution in [3.05, 3.63) is 40.1 Å². The number of non-ortho nitro benzene ring substituents is 1. The molecule has 0 spiro atoms. The van der Waals surface area contributed by atoms with E-state index in [4.69, 9.17) is 5.73 Å². The van der Waals surface area contributed by atoms with Crippen LogP contribution in [0.3, 0.4) is 0 Å². The number of rotatable bonds is 1. The van der Waals surface area contributed by atoms with Crippen LogP contribution in [0, 0.1) is 10.1 Å². The maximum atomic E-state index is 10.1. The molecule has 1 N–H and O–H groups in total. The number of nitrogens with zero attached hydrogens (tertiary/aromatic N) is 1. The van der Waals surface area contributed by atoms with Crippen molar-refractivity contribution in [2.75, 3.05) is 0 Å². The van der Waals surface area contributed by atoms with E-state index >= 15 is 0 Å². The Morgan fingerprint density at radius 1 is 1.27 bits per heavy atom. The molecule has 0 saturated carbocycles. The molecule has 0 aliphatic carbocycles. The molecule has 11 heavy (non-hydrogen) atoms. The predicted octanol–water partition coefficient (Wildman–Crippen LogP) is 2.28. The van der Waals surface area contributed by atoms with Gasteiger partial charge in [0.1, 0.15) is 0 Å². The van der Waals surface area contributed by atoms with Crippen LogP contribution >= 0.6 is 0 Å². The smallest absolute Gasteiger partial charge is 0.269 e. The minimum atomic E-state index is -0.487. The van der Waals surface area contributed by atoms with Crippen molar-refractivity contribution in [2.45, 2.75) is 0 Å². The summed E-state index contributed by atoms with van der Waals surface area (Å²) in [6.45, 7) is 0. The first-order chi connectivity index (χ1) is 4.70. The van der Waals surface area contributed by atoms with Crippen LogP contribution in [0.25, 0.3) is 5.73 Å². The Kier molecular flexibility index (Phi) is 4.22. The summed E-state index contributed by atoms with van der Waals surface area (Å²) in [4.78, 5) is 9.57. The number of hydrogen-bond donors (Lipinski definition) is 0. The molecule has 0 heterocycles. The summed E-state index contributed by atoms with van der Waals surface area (Å²) in [7, 11) is 0. The van der Waals surface area contributed by atoms with Gasteiger partial charge in [-0.05, 0) is 0 Å². The van der Waals surface area contributed by atoms with Crippen molar-refractivity contribution in [3.8, 4) is 0 Å². The van der Waals surface area contributed by atoms with Crippen LogP contribution in [-0.4, -0.2) is 4.92 Å². The quantitative estimate of drug-likeness (QED) is 0.544. The zero-order valence-electron chi connectivity index (χ0n) is 5.65. The van der Waals surface area contributed by atoms with Crippen molar-refractivity contribution in [1.82, 2.24) is 0 Å². The van der Waals surface area contributed by atoms with Crippen LogP contribution in [-0.2, 0) is 32.7 Å². The summed E-state index contributed by atoms with van der Waals surface area (Å²) in [6.07, 6.45) is 0. The van der Waals surface area contributed by atoms with Gasteiger partial charge in [0.05, 0.1) is 4.92 Å². The summed E-state index contributed by atoms with van der Waals surface area (Å²) < 4.78 is 0. The van der Waals surface area contributed by atoms with E-state index in [1.54, 1.807) is 0 Å².